The molecule has 2 aromatic rings. The largest absolute Gasteiger partial charge is 0.323 e. The van der Waals surface area contributed by atoms with Gasteiger partial charge in [-0.05, 0) is 13.0 Å². The molecule has 0 spiro atoms. The quantitative estimate of drug-likeness (QED) is 0.815. The molecule has 1 unspecified atom stereocenters. The Kier molecular flexibility index (Phi) is 2.35. The van der Waals surface area contributed by atoms with Gasteiger partial charge in [0.15, 0.2) is 0 Å². The van der Waals surface area contributed by atoms with Crippen LogP contribution in [-0.4, -0.2) is 14.8 Å². The number of aromatic nitrogens is 3. The molecule has 74 valence electrons. The lowest BCUT2D eigenvalue weighted by atomic mass is 10.3. The van der Waals surface area contributed by atoms with Crippen LogP contribution < -0.4 is 5.73 Å². The summed E-state index contributed by atoms with van der Waals surface area (Å²) in [6, 6.07) is 2.00. The van der Waals surface area contributed by atoms with Crippen molar-refractivity contribution in [3.63, 3.8) is 0 Å². The van der Waals surface area contributed by atoms with Gasteiger partial charge in [-0.2, -0.15) is 5.10 Å². The Balaban J connectivity index is 2.39. The maximum Gasteiger partial charge on any atom is 0.141 e. The summed E-state index contributed by atoms with van der Waals surface area (Å²) in [5.41, 5.74) is 6.80. The Morgan fingerprint density at radius 2 is 2.36 bits per heavy atom. The van der Waals surface area contributed by atoms with Crippen molar-refractivity contribution in [2.75, 3.05) is 0 Å². The Bertz CT molecular complexity index is 429. The van der Waals surface area contributed by atoms with E-state index in [-0.39, 0.29) is 6.04 Å². The fourth-order valence-electron chi connectivity index (χ4n) is 1.20. The van der Waals surface area contributed by atoms with Crippen molar-refractivity contribution in [1.29, 1.82) is 0 Å². The van der Waals surface area contributed by atoms with Gasteiger partial charge in [-0.1, -0.05) is 0 Å². The van der Waals surface area contributed by atoms with Crippen LogP contribution in [0.4, 0.5) is 0 Å². The number of rotatable bonds is 2. The van der Waals surface area contributed by atoms with E-state index in [4.69, 9.17) is 5.73 Å². The van der Waals surface area contributed by atoms with E-state index >= 15 is 0 Å². The van der Waals surface area contributed by atoms with Crippen LogP contribution in [0.5, 0.6) is 0 Å². The van der Waals surface area contributed by atoms with Crippen molar-refractivity contribution < 1.29 is 0 Å². The highest BCUT2D eigenvalue weighted by Crippen LogP contribution is 2.26. The van der Waals surface area contributed by atoms with Crippen molar-refractivity contribution in [3.05, 3.63) is 23.3 Å². The summed E-state index contributed by atoms with van der Waals surface area (Å²) in [6.07, 6.45) is 3.60. The summed E-state index contributed by atoms with van der Waals surface area (Å²) in [5.74, 6) is 0. The molecule has 14 heavy (non-hydrogen) atoms. The Labute approximate surface area is 86.4 Å². The zero-order valence-corrected chi connectivity index (χ0v) is 8.95. The van der Waals surface area contributed by atoms with Crippen LogP contribution >= 0.6 is 11.3 Å². The summed E-state index contributed by atoms with van der Waals surface area (Å²) in [7, 11) is 1.91. The van der Waals surface area contributed by atoms with Crippen molar-refractivity contribution in [2.45, 2.75) is 13.0 Å². The standard InChI is InChI=1S/C9H12N4S/c1-6(10)8-5-11-9(14-8)7-3-4-12-13(7)2/h3-6H,10H2,1-2H3. The van der Waals surface area contributed by atoms with E-state index in [1.165, 1.54) is 0 Å². The Morgan fingerprint density at radius 3 is 2.86 bits per heavy atom. The number of nitrogens with zero attached hydrogens (tertiary/aromatic N) is 3. The van der Waals surface area contributed by atoms with Crippen molar-refractivity contribution >= 4 is 11.3 Å². The zero-order chi connectivity index (χ0) is 10.1. The third-order valence-electron chi connectivity index (χ3n) is 2.01. The lowest BCUT2D eigenvalue weighted by Gasteiger charge is -1.97. The molecule has 4 nitrogen and oxygen atoms in total. The minimum atomic E-state index is 0.0504. The van der Waals surface area contributed by atoms with Crippen LogP contribution in [0.1, 0.15) is 17.8 Å². The average molecular weight is 208 g/mol. The van der Waals surface area contributed by atoms with Crippen molar-refractivity contribution in [3.8, 4) is 10.7 Å². The lowest BCUT2D eigenvalue weighted by molar-refractivity contribution is 0.775. The molecule has 2 heterocycles. The molecule has 2 aromatic heterocycles. The monoisotopic (exact) mass is 208 g/mol. The van der Waals surface area contributed by atoms with E-state index in [0.29, 0.717) is 0 Å². The van der Waals surface area contributed by atoms with Gasteiger partial charge in [0.25, 0.3) is 0 Å². The van der Waals surface area contributed by atoms with Crippen LogP contribution in [0.3, 0.4) is 0 Å². The van der Waals surface area contributed by atoms with E-state index in [0.717, 1.165) is 15.6 Å². The first-order valence-electron chi connectivity index (χ1n) is 4.38. The van der Waals surface area contributed by atoms with E-state index in [1.807, 2.05) is 30.9 Å². The second-order valence-electron chi connectivity index (χ2n) is 3.20. The van der Waals surface area contributed by atoms with Gasteiger partial charge in [-0.15, -0.1) is 11.3 Å². The van der Waals surface area contributed by atoms with Gasteiger partial charge in [0.1, 0.15) is 5.01 Å². The lowest BCUT2D eigenvalue weighted by Crippen LogP contribution is -2.01. The predicted molar refractivity (Wildman–Crippen MR) is 56.9 cm³/mol. The van der Waals surface area contributed by atoms with E-state index in [1.54, 1.807) is 17.5 Å². The number of thiazole rings is 1. The molecule has 0 fully saturated rings. The fraction of sp³-hybridized carbons (Fsp3) is 0.333. The van der Waals surface area contributed by atoms with Gasteiger partial charge in [0.2, 0.25) is 0 Å². The Morgan fingerprint density at radius 1 is 1.57 bits per heavy atom. The summed E-state index contributed by atoms with van der Waals surface area (Å²) in [4.78, 5) is 5.42. The van der Waals surface area contributed by atoms with Gasteiger partial charge >= 0.3 is 0 Å². The molecule has 0 saturated heterocycles. The highest BCUT2D eigenvalue weighted by molar-refractivity contribution is 7.15. The second-order valence-corrected chi connectivity index (χ2v) is 4.26. The minimum absolute atomic E-state index is 0.0504. The van der Waals surface area contributed by atoms with Crippen LogP contribution in [0, 0.1) is 0 Å². The first-order valence-corrected chi connectivity index (χ1v) is 5.20. The second kappa shape index (κ2) is 3.51. The van der Waals surface area contributed by atoms with Crippen molar-refractivity contribution in [1.82, 2.24) is 14.8 Å². The molecule has 0 aromatic carbocycles. The highest BCUT2D eigenvalue weighted by Gasteiger charge is 2.09. The molecule has 1 atom stereocenters. The number of hydrogen-bond donors (Lipinski definition) is 1. The molecule has 2 N–H and O–H groups in total. The summed E-state index contributed by atoms with van der Waals surface area (Å²) in [6.45, 7) is 1.96. The molecule has 0 aliphatic rings. The van der Waals surface area contributed by atoms with E-state index in [2.05, 4.69) is 10.1 Å². The molecular formula is C9H12N4S. The minimum Gasteiger partial charge on any atom is -0.323 e. The van der Waals surface area contributed by atoms with E-state index in [9.17, 15) is 0 Å². The zero-order valence-electron chi connectivity index (χ0n) is 8.14. The highest BCUT2D eigenvalue weighted by atomic mass is 32.1. The van der Waals surface area contributed by atoms with Crippen LogP contribution in [0.15, 0.2) is 18.5 Å². The van der Waals surface area contributed by atoms with Gasteiger partial charge in [-0.3, -0.25) is 4.68 Å². The first-order chi connectivity index (χ1) is 6.68. The van der Waals surface area contributed by atoms with Crippen LogP contribution in [0.2, 0.25) is 0 Å². The van der Waals surface area contributed by atoms with Gasteiger partial charge in [-0.25, -0.2) is 4.98 Å². The first kappa shape index (κ1) is 9.36. The normalized spacial score (nSPS) is 13.1. The smallest absolute Gasteiger partial charge is 0.141 e. The van der Waals surface area contributed by atoms with Gasteiger partial charge in [0.05, 0.1) is 5.69 Å². The molecule has 2 rings (SSSR count). The van der Waals surface area contributed by atoms with Gasteiger partial charge < -0.3 is 5.73 Å². The number of aryl methyl sites for hydroxylation is 1. The molecule has 0 aliphatic carbocycles. The average Bonchev–Trinajstić information content (AvgIpc) is 2.71. The SMILES string of the molecule is CC(N)c1cnc(-c2ccnn2C)s1. The molecular weight excluding hydrogens is 196 g/mol. The molecule has 0 aliphatic heterocycles. The molecule has 5 heteroatoms. The maximum absolute atomic E-state index is 5.77. The van der Waals surface area contributed by atoms with Crippen molar-refractivity contribution in [2.24, 2.45) is 12.8 Å². The topological polar surface area (TPSA) is 56.7 Å². The van der Waals surface area contributed by atoms with Gasteiger partial charge in [0, 0.05) is 30.4 Å². The Hall–Kier alpha value is -1.20. The molecule has 0 radical (unpaired) electrons. The molecule has 0 amide bonds. The summed E-state index contributed by atoms with van der Waals surface area (Å²) >= 11 is 1.62. The number of hydrogen-bond acceptors (Lipinski definition) is 4. The maximum atomic E-state index is 5.77. The molecule has 0 saturated carbocycles. The third kappa shape index (κ3) is 1.56. The van der Waals surface area contributed by atoms with Crippen LogP contribution in [-0.2, 0) is 7.05 Å². The van der Waals surface area contributed by atoms with Crippen LogP contribution in [0.25, 0.3) is 10.7 Å². The predicted octanol–water partition coefficient (Wildman–Crippen LogP) is 1.56. The summed E-state index contributed by atoms with van der Waals surface area (Å²) < 4.78 is 1.81. The third-order valence-corrected chi connectivity index (χ3v) is 3.23. The number of nitrogens with two attached hydrogens (primary N) is 1. The van der Waals surface area contributed by atoms with E-state index < -0.39 is 0 Å². The summed E-state index contributed by atoms with van der Waals surface area (Å²) in [5, 5.41) is 5.07. The fourth-order valence-corrected chi connectivity index (χ4v) is 2.12. The molecule has 0 bridgehead atoms.